The zero-order chi connectivity index (χ0) is 29.9. The van der Waals surface area contributed by atoms with Gasteiger partial charge >= 0.3 is 18.2 Å². The number of para-hydroxylation sites is 1. The molecule has 4 rings (SSSR count). The Kier molecular flexibility index (Phi) is 8.27. The summed E-state index contributed by atoms with van der Waals surface area (Å²) in [7, 11) is 1.27. The number of methoxy groups -OCH3 is 1. The Bertz CT molecular complexity index is 1560. The number of esters is 1. The molecule has 0 fully saturated rings. The summed E-state index contributed by atoms with van der Waals surface area (Å²) in [5.41, 5.74) is 0.910. The van der Waals surface area contributed by atoms with Crippen LogP contribution in [0.1, 0.15) is 43.1 Å². The molecule has 0 aliphatic rings. The number of alkyl halides is 3. The van der Waals surface area contributed by atoms with Gasteiger partial charge in [0.1, 0.15) is 17.0 Å². The molecule has 8 nitrogen and oxygen atoms in total. The van der Waals surface area contributed by atoms with E-state index in [4.69, 9.17) is 14.2 Å². The van der Waals surface area contributed by atoms with Crippen LogP contribution in [0, 0.1) is 6.92 Å². The van der Waals surface area contributed by atoms with Gasteiger partial charge in [0, 0.05) is 18.9 Å². The highest BCUT2D eigenvalue weighted by atomic mass is 19.4. The summed E-state index contributed by atoms with van der Waals surface area (Å²) in [5, 5.41) is 0. The summed E-state index contributed by atoms with van der Waals surface area (Å²) < 4.78 is 58.8. The Morgan fingerprint density at radius 1 is 1.05 bits per heavy atom. The van der Waals surface area contributed by atoms with Crippen LogP contribution in [-0.2, 0) is 9.47 Å². The molecule has 0 radical (unpaired) electrons. The van der Waals surface area contributed by atoms with E-state index in [1.54, 1.807) is 87.0 Å². The van der Waals surface area contributed by atoms with Gasteiger partial charge in [-0.25, -0.2) is 14.6 Å². The zero-order valence-corrected chi connectivity index (χ0v) is 23.3. The molecular formula is C30H30F3N3O5. The van der Waals surface area contributed by atoms with E-state index in [9.17, 15) is 22.8 Å². The Balaban J connectivity index is 2.03. The summed E-state index contributed by atoms with van der Waals surface area (Å²) in [6, 6.07) is 13.7. The van der Waals surface area contributed by atoms with Crippen molar-refractivity contribution in [1.29, 1.82) is 0 Å². The highest BCUT2D eigenvalue weighted by Gasteiger charge is 2.35. The first-order valence-electron chi connectivity index (χ1n) is 12.8. The van der Waals surface area contributed by atoms with E-state index in [1.807, 2.05) is 6.07 Å². The molecule has 0 bridgehead atoms. The summed E-state index contributed by atoms with van der Waals surface area (Å²) in [6.07, 6.45) is -2.12. The van der Waals surface area contributed by atoms with Gasteiger partial charge < -0.3 is 18.6 Å². The second kappa shape index (κ2) is 11.5. The number of hydrogen-bond acceptors (Lipinski definition) is 6. The average Bonchev–Trinajstić information content (AvgIpc) is 3.35. The normalized spacial score (nSPS) is 11.8. The Morgan fingerprint density at radius 3 is 2.37 bits per heavy atom. The molecule has 0 aliphatic carbocycles. The van der Waals surface area contributed by atoms with E-state index in [-0.39, 0.29) is 17.1 Å². The van der Waals surface area contributed by atoms with Crippen LogP contribution in [0.4, 0.5) is 23.7 Å². The summed E-state index contributed by atoms with van der Waals surface area (Å²) in [5.74, 6) is 0.156. The number of amides is 1. The monoisotopic (exact) mass is 569 g/mol. The second-order valence-electron chi connectivity index (χ2n) is 10.3. The molecule has 4 aromatic rings. The third-order valence-corrected chi connectivity index (χ3v) is 6.01. The number of pyridine rings is 1. The maximum atomic E-state index is 13.5. The Morgan fingerprint density at radius 2 is 1.76 bits per heavy atom. The van der Waals surface area contributed by atoms with Crippen LogP contribution in [0.3, 0.4) is 0 Å². The first-order chi connectivity index (χ1) is 19.3. The maximum Gasteiger partial charge on any atom is 0.414 e. The van der Waals surface area contributed by atoms with Crippen LogP contribution in [0.2, 0.25) is 0 Å². The molecule has 0 atom stereocenters. The molecule has 41 heavy (non-hydrogen) atoms. The number of benzene rings is 2. The highest BCUT2D eigenvalue weighted by Crippen LogP contribution is 2.44. The number of aromatic nitrogens is 2. The molecule has 2 aromatic heterocycles. The van der Waals surface area contributed by atoms with Crippen LogP contribution in [0.25, 0.3) is 16.8 Å². The molecule has 11 heteroatoms. The van der Waals surface area contributed by atoms with Crippen molar-refractivity contribution >= 4 is 23.4 Å². The van der Waals surface area contributed by atoms with Crippen molar-refractivity contribution in [3.05, 3.63) is 78.2 Å². The molecule has 0 saturated carbocycles. The predicted molar refractivity (Wildman–Crippen MR) is 147 cm³/mol. The van der Waals surface area contributed by atoms with Crippen LogP contribution in [0.15, 0.2) is 67.1 Å². The first-order valence-corrected chi connectivity index (χ1v) is 12.8. The van der Waals surface area contributed by atoms with Crippen molar-refractivity contribution in [2.75, 3.05) is 18.6 Å². The lowest BCUT2D eigenvalue weighted by Gasteiger charge is -2.30. The second-order valence-corrected chi connectivity index (χ2v) is 10.3. The summed E-state index contributed by atoms with van der Waals surface area (Å²) in [6.45, 7) is 5.85. The van der Waals surface area contributed by atoms with Crippen molar-refractivity contribution in [2.24, 2.45) is 0 Å². The topological polar surface area (TPSA) is 82.4 Å². The van der Waals surface area contributed by atoms with Crippen LogP contribution < -0.4 is 9.64 Å². The SMILES string of the molecule is COC(=O)c1ccc(-c2c(Oc3ccccc3)cn3ccnc3c2N(CCC(F)(F)F)C(=O)OC(C)(C)C)cc1C. The van der Waals surface area contributed by atoms with Gasteiger partial charge in [0.2, 0.25) is 0 Å². The van der Waals surface area contributed by atoms with E-state index >= 15 is 0 Å². The fraction of sp³-hybridized carbons (Fsp3) is 0.300. The number of fused-ring (bicyclic) bond motifs is 1. The van der Waals surface area contributed by atoms with Crippen molar-refractivity contribution < 1.29 is 37.0 Å². The molecule has 216 valence electrons. The van der Waals surface area contributed by atoms with Crippen molar-refractivity contribution in [3.8, 4) is 22.6 Å². The lowest BCUT2D eigenvalue weighted by molar-refractivity contribution is -0.132. The maximum absolute atomic E-state index is 13.5. The van der Waals surface area contributed by atoms with Crippen LogP contribution in [0.5, 0.6) is 11.5 Å². The number of carbonyl (C=O) groups is 2. The van der Waals surface area contributed by atoms with Crippen molar-refractivity contribution in [3.63, 3.8) is 0 Å². The number of halogens is 3. The molecule has 0 saturated heterocycles. The third kappa shape index (κ3) is 6.97. The lowest BCUT2D eigenvalue weighted by Crippen LogP contribution is -2.39. The lowest BCUT2D eigenvalue weighted by atomic mass is 9.98. The van der Waals surface area contributed by atoms with Crippen molar-refractivity contribution in [2.45, 2.75) is 45.9 Å². The molecule has 0 N–H and O–H groups in total. The van der Waals surface area contributed by atoms with E-state index in [2.05, 4.69) is 4.98 Å². The summed E-state index contributed by atoms with van der Waals surface area (Å²) in [4.78, 5) is 31.1. The van der Waals surface area contributed by atoms with Gasteiger partial charge in [-0.05, 0) is 57.0 Å². The van der Waals surface area contributed by atoms with Crippen LogP contribution >= 0.6 is 0 Å². The number of aryl methyl sites for hydroxylation is 1. The average molecular weight is 570 g/mol. The Labute approximate surface area is 235 Å². The van der Waals surface area contributed by atoms with E-state index in [0.29, 0.717) is 28.0 Å². The van der Waals surface area contributed by atoms with Gasteiger partial charge in [-0.15, -0.1) is 0 Å². The number of rotatable bonds is 7. The third-order valence-electron chi connectivity index (χ3n) is 6.01. The number of anilines is 1. The van der Waals surface area contributed by atoms with Gasteiger partial charge in [-0.1, -0.05) is 30.3 Å². The van der Waals surface area contributed by atoms with Gasteiger partial charge in [-0.3, -0.25) is 4.90 Å². The first kappa shape index (κ1) is 29.4. The Hall–Kier alpha value is -4.54. The summed E-state index contributed by atoms with van der Waals surface area (Å²) >= 11 is 0. The van der Waals surface area contributed by atoms with Gasteiger partial charge in [0.05, 0.1) is 30.9 Å². The minimum Gasteiger partial charge on any atom is -0.465 e. The highest BCUT2D eigenvalue weighted by molar-refractivity contribution is 6.02. The molecule has 2 aromatic carbocycles. The molecule has 0 unspecified atom stereocenters. The largest absolute Gasteiger partial charge is 0.465 e. The minimum absolute atomic E-state index is 0.0622. The van der Waals surface area contributed by atoms with Gasteiger partial charge in [0.15, 0.2) is 11.4 Å². The molecule has 0 spiro atoms. The number of carbonyl (C=O) groups excluding carboxylic acids is 2. The number of nitrogens with zero attached hydrogens (tertiary/aromatic N) is 3. The van der Waals surface area contributed by atoms with E-state index in [1.165, 1.54) is 13.3 Å². The molecule has 0 aliphatic heterocycles. The quantitative estimate of drug-likeness (QED) is 0.213. The number of imidazole rings is 1. The van der Waals surface area contributed by atoms with Crippen LogP contribution in [-0.4, -0.2) is 46.9 Å². The van der Waals surface area contributed by atoms with E-state index < -0.39 is 36.8 Å². The molecule has 2 heterocycles. The predicted octanol–water partition coefficient (Wildman–Crippen LogP) is 7.58. The zero-order valence-electron chi connectivity index (χ0n) is 23.3. The van der Waals surface area contributed by atoms with E-state index in [0.717, 1.165) is 4.90 Å². The standard InChI is InChI=1S/C30H30F3N3O5/c1-19-17-20(11-12-22(19)27(37)39-5)24-23(40-21-9-7-6-8-10-21)18-35-16-14-34-26(35)25(24)36(15-13-30(31,32)33)28(38)41-29(2,3)4/h6-12,14,16-18H,13,15H2,1-5H3. The molecular weight excluding hydrogens is 539 g/mol. The fourth-order valence-electron chi connectivity index (χ4n) is 4.26. The minimum atomic E-state index is -4.55. The van der Waals surface area contributed by atoms with Gasteiger partial charge in [0.25, 0.3) is 0 Å². The smallest absolute Gasteiger partial charge is 0.414 e. The fourth-order valence-corrected chi connectivity index (χ4v) is 4.26. The number of ether oxygens (including phenoxy) is 3. The molecule has 1 amide bonds. The van der Waals surface area contributed by atoms with Crippen molar-refractivity contribution in [1.82, 2.24) is 9.38 Å². The van der Waals surface area contributed by atoms with Gasteiger partial charge in [-0.2, -0.15) is 13.2 Å². The number of hydrogen-bond donors (Lipinski definition) is 0.